The Morgan fingerprint density at radius 2 is 1.88 bits per heavy atom. The number of thioether (sulfide) groups is 1. The molecule has 0 saturated carbocycles. The highest BCUT2D eigenvalue weighted by atomic mass is 32.2. The minimum Gasteiger partial charge on any atom is -0.301 e. The van der Waals surface area contributed by atoms with E-state index in [0.717, 1.165) is 16.2 Å². The van der Waals surface area contributed by atoms with Crippen LogP contribution in [0.15, 0.2) is 64.9 Å². The van der Waals surface area contributed by atoms with Gasteiger partial charge in [-0.05, 0) is 31.2 Å². The maximum Gasteiger partial charge on any atom is 0.239 e. The molecule has 1 aromatic heterocycles. The van der Waals surface area contributed by atoms with Crippen LogP contribution in [0.25, 0.3) is 11.3 Å². The van der Waals surface area contributed by atoms with Gasteiger partial charge in [0, 0.05) is 15.8 Å². The van der Waals surface area contributed by atoms with E-state index in [1.807, 2.05) is 42.6 Å². The summed E-state index contributed by atoms with van der Waals surface area (Å²) in [6.07, 6.45) is 0. The van der Waals surface area contributed by atoms with E-state index in [4.69, 9.17) is 0 Å². The summed E-state index contributed by atoms with van der Waals surface area (Å²) in [6, 6.07) is 15.9. The minimum absolute atomic E-state index is 0.127. The first-order valence-electron chi connectivity index (χ1n) is 7.36. The first-order chi connectivity index (χ1) is 11.6. The highest BCUT2D eigenvalue weighted by Gasteiger charge is 2.16. The Hall–Kier alpha value is -2.18. The van der Waals surface area contributed by atoms with Gasteiger partial charge in [-0.1, -0.05) is 30.3 Å². The molecule has 0 saturated heterocycles. The lowest BCUT2D eigenvalue weighted by Gasteiger charge is -2.10. The van der Waals surface area contributed by atoms with Gasteiger partial charge in [-0.25, -0.2) is 9.37 Å². The van der Waals surface area contributed by atoms with Gasteiger partial charge in [0.2, 0.25) is 5.91 Å². The molecule has 3 aromatic rings. The van der Waals surface area contributed by atoms with Crippen molar-refractivity contribution < 1.29 is 9.18 Å². The molecule has 0 aliphatic carbocycles. The van der Waals surface area contributed by atoms with Gasteiger partial charge >= 0.3 is 0 Å². The molecule has 0 bridgehead atoms. The molecule has 24 heavy (non-hydrogen) atoms. The highest BCUT2D eigenvalue weighted by Crippen LogP contribution is 2.27. The third-order valence-electron chi connectivity index (χ3n) is 3.30. The van der Waals surface area contributed by atoms with Gasteiger partial charge < -0.3 is 5.32 Å². The van der Waals surface area contributed by atoms with Crippen LogP contribution < -0.4 is 5.32 Å². The number of aromatic nitrogens is 1. The molecule has 0 aliphatic rings. The molecule has 3 rings (SSSR count). The van der Waals surface area contributed by atoms with Crippen molar-refractivity contribution >= 4 is 34.1 Å². The predicted molar refractivity (Wildman–Crippen MR) is 97.9 cm³/mol. The van der Waals surface area contributed by atoms with Gasteiger partial charge in [-0.2, -0.15) is 0 Å². The second kappa shape index (κ2) is 7.59. The fourth-order valence-electron chi connectivity index (χ4n) is 2.05. The Bertz CT molecular complexity index is 819. The Labute approximate surface area is 148 Å². The SMILES string of the molecule is CC(Sc1ccc(F)cc1)C(=O)Nc1nc(-c2ccccc2)cs1. The van der Waals surface area contributed by atoms with Crippen LogP contribution in [-0.2, 0) is 4.79 Å². The van der Waals surface area contributed by atoms with Crippen LogP contribution >= 0.6 is 23.1 Å². The van der Waals surface area contributed by atoms with Gasteiger partial charge in [0.1, 0.15) is 5.82 Å². The summed E-state index contributed by atoms with van der Waals surface area (Å²) in [4.78, 5) is 17.6. The zero-order valence-corrected chi connectivity index (χ0v) is 14.5. The van der Waals surface area contributed by atoms with Gasteiger partial charge in [0.05, 0.1) is 10.9 Å². The number of benzene rings is 2. The summed E-state index contributed by atoms with van der Waals surface area (Å²) in [5, 5.41) is 5.02. The monoisotopic (exact) mass is 358 g/mol. The first kappa shape index (κ1) is 16.7. The molecule has 1 unspecified atom stereocenters. The standard InChI is InChI=1S/C18H15FN2OS2/c1-12(24-15-9-7-14(19)8-10-15)17(22)21-18-20-16(11-23-18)13-5-3-2-4-6-13/h2-12H,1H3,(H,20,21,22). The molecular weight excluding hydrogens is 343 g/mol. The Morgan fingerprint density at radius 1 is 1.17 bits per heavy atom. The van der Waals surface area contributed by atoms with Crippen molar-refractivity contribution in [2.24, 2.45) is 0 Å². The average molecular weight is 358 g/mol. The molecule has 0 aliphatic heterocycles. The summed E-state index contributed by atoms with van der Waals surface area (Å²) in [7, 11) is 0. The van der Waals surface area contributed by atoms with Gasteiger partial charge in [0.25, 0.3) is 0 Å². The van der Waals surface area contributed by atoms with E-state index in [0.29, 0.717) is 5.13 Å². The summed E-state index contributed by atoms with van der Waals surface area (Å²) in [6.45, 7) is 1.81. The second-order valence-electron chi connectivity index (χ2n) is 5.11. The maximum atomic E-state index is 12.9. The van der Waals surface area contributed by atoms with Crippen LogP contribution in [0.3, 0.4) is 0 Å². The molecule has 122 valence electrons. The summed E-state index contributed by atoms with van der Waals surface area (Å²) >= 11 is 2.78. The van der Waals surface area contributed by atoms with Crippen LogP contribution in [0.1, 0.15) is 6.92 Å². The molecule has 2 aromatic carbocycles. The largest absolute Gasteiger partial charge is 0.301 e. The predicted octanol–water partition coefficient (Wildman–Crippen LogP) is 5.07. The fraction of sp³-hybridized carbons (Fsp3) is 0.111. The average Bonchev–Trinajstić information content (AvgIpc) is 3.06. The lowest BCUT2D eigenvalue weighted by molar-refractivity contribution is -0.115. The number of nitrogens with one attached hydrogen (secondary N) is 1. The second-order valence-corrected chi connectivity index (χ2v) is 7.38. The number of carbonyl (C=O) groups is 1. The van der Waals surface area contributed by atoms with Crippen LogP contribution in [0.5, 0.6) is 0 Å². The number of anilines is 1. The van der Waals surface area contributed by atoms with Crippen molar-refractivity contribution in [3.63, 3.8) is 0 Å². The van der Waals surface area contributed by atoms with E-state index in [1.165, 1.54) is 35.2 Å². The van der Waals surface area contributed by atoms with Crippen LogP contribution in [0, 0.1) is 5.82 Å². The van der Waals surface area contributed by atoms with E-state index in [9.17, 15) is 9.18 Å². The summed E-state index contributed by atoms with van der Waals surface area (Å²) in [5.74, 6) is -0.411. The van der Waals surface area contributed by atoms with Gasteiger partial charge in [0.15, 0.2) is 5.13 Å². The summed E-state index contributed by atoms with van der Waals surface area (Å²) < 4.78 is 12.9. The van der Waals surface area contributed by atoms with Crippen molar-refractivity contribution in [3.05, 3.63) is 65.8 Å². The van der Waals surface area contributed by atoms with Crippen molar-refractivity contribution in [2.45, 2.75) is 17.1 Å². The molecular formula is C18H15FN2OS2. The maximum absolute atomic E-state index is 12.9. The lowest BCUT2D eigenvalue weighted by atomic mass is 10.2. The van der Waals surface area contributed by atoms with E-state index in [1.54, 1.807) is 12.1 Å². The summed E-state index contributed by atoms with van der Waals surface area (Å²) in [5.41, 5.74) is 1.86. The number of hydrogen-bond acceptors (Lipinski definition) is 4. The molecule has 1 atom stereocenters. The zero-order chi connectivity index (χ0) is 16.9. The quantitative estimate of drug-likeness (QED) is 0.648. The van der Waals surface area contributed by atoms with Crippen molar-refractivity contribution in [3.8, 4) is 11.3 Å². The Morgan fingerprint density at radius 3 is 2.58 bits per heavy atom. The highest BCUT2D eigenvalue weighted by molar-refractivity contribution is 8.00. The number of hydrogen-bond donors (Lipinski definition) is 1. The molecule has 0 radical (unpaired) electrons. The fourth-order valence-corrected chi connectivity index (χ4v) is 3.64. The van der Waals surface area contributed by atoms with Crippen molar-refractivity contribution in [1.82, 2.24) is 4.98 Å². The number of halogens is 1. The third-order valence-corrected chi connectivity index (χ3v) is 5.17. The molecule has 1 amide bonds. The van der Waals surface area contributed by atoms with Crippen molar-refractivity contribution in [2.75, 3.05) is 5.32 Å². The number of carbonyl (C=O) groups excluding carboxylic acids is 1. The number of amides is 1. The molecule has 1 N–H and O–H groups in total. The van der Waals surface area contributed by atoms with Gasteiger partial charge in [-0.15, -0.1) is 23.1 Å². The molecule has 1 heterocycles. The smallest absolute Gasteiger partial charge is 0.239 e. The first-order valence-corrected chi connectivity index (χ1v) is 9.12. The van der Waals surface area contributed by atoms with E-state index in [-0.39, 0.29) is 17.0 Å². The van der Waals surface area contributed by atoms with Crippen LogP contribution in [0.2, 0.25) is 0 Å². The van der Waals surface area contributed by atoms with Crippen LogP contribution in [-0.4, -0.2) is 16.1 Å². The normalized spacial score (nSPS) is 11.9. The zero-order valence-electron chi connectivity index (χ0n) is 12.9. The Balaban J connectivity index is 1.62. The molecule has 6 heteroatoms. The number of nitrogens with zero attached hydrogens (tertiary/aromatic N) is 1. The van der Waals surface area contributed by atoms with Crippen molar-refractivity contribution in [1.29, 1.82) is 0 Å². The van der Waals surface area contributed by atoms with E-state index < -0.39 is 0 Å². The minimum atomic E-state index is -0.306. The van der Waals surface area contributed by atoms with Crippen LogP contribution in [0.4, 0.5) is 9.52 Å². The lowest BCUT2D eigenvalue weighted by Crippen LogP contribution is -2.22. The molecule has 0 spiro atoms. The van der Waals surface area contributed by atoms with Gasteiger partial charge in [-0.3, -0.25) is 4.79 Å². The number of thiazole rings is 1. The molecule has 3 nitrogen and oxygen atoms in total. The third kappa shape index (κ3) is 4.21. The molecule has 0 fully saturated rings. The Kier molecular flexibility index (Phi) is 5.27. The number of rotatable bonds is 5. The van der Waals surface area contributed by atoms with E-state index in [2.05, 4.69) is 10.3 Å². The van der Waals surface area contributed by atoms with E-state index >= 15 is 0 Å². The topological polar surface area (TPSA) is 42.0 Å².